The molecule has 0 aliphatic heterocycles. The zero-order valence-corrected chi connectivity index (χ0v) is 11.7. The van der Waals surface area contributed by atoms with Crippen LogP contribution in [0.3, 0.4) is 0 Å². The van der Waals surface area contributed by atoms with Gasteiger partial charge in [0.05, 0.1) is 10.5 Å². The molecule has 0 aromatic heterocycles. The first kappa shape index (κ1) is 16.7. The highest BCUT2D eigenvalue weighted by atomic mass is 35.5. The number of nitro benzene ring substituents is 1. The summed E-state index contributed by atoms with van der Waals surface area (Å²) in [7, 11) is 0. The predicted molar refractivity (Wildman–Crippen MR) is 73.1 cm³/mol. The summed E-state index contributed by atoms with van der Waals surface area (Å²) in [5.41, 5.74) is 6.32. The third kappa shape index (κ3) is 3.11. The van der Waals surface area contributed by atoms with E-state index in [0.717, 1.165) is 0 Å². The van der Waals surface area contributed by atoms with Gasteiger partial charge in [-0.3, -0.25) is 10.1 Å². The van der Waals surface area contributed by atoms with E-state index in [1.54, 1.807) is 6.92 Å². The van der Waals surface area contributed by atoms with E-state index in [1.807, 2.05) is 20.8 Å². The Bertz CT molecular complexity index is 455. The molecule has 0 radical (unpaired) electrons. The van der Waals surface area contributed by atoms with Crippen LogP contribution in [0.5, 0.6) is 5.75 Å². The number of nitrogens with two attached hydrogens (primary N) is 1. The molecule has 0 saturated heterocycles. The SMILES string of the molecule is Cc1ccc([N+](=O)[O-])c([C@@H](N)C(C)(C)C)c1O.Cl. The Balaban J connectivity index is 0.00000289. The molecule has 6 heteroatoms. The zero-order chi connectivity index (χ0) is 13.4. The quantitative estimate of drug-likeness (QED) is 0.640. The second-order valence-electron chi connectivity index (χ2n) is 5.26. The first-order valence-electron chi connectivity index (χ1n) is 5.38. The Morgan fingerprint density at radius 2 is 1.89 bits per heavy atom. The van der Waals surface area contributed by atoms with Crippen LogP contribution >= 0.6 is 12.4 Å². The lowest BCUT2D eigenvalue weighted by molar-refractivity contribution is -0.386. The molecule has 1 aromatic carbocycles. The minimum absolute atomic E-state index is 0. The summed E-state index contributed by atoms with van der Waals surface area (Å²) in [5.74, 6) is -0.0818. The van der Waals surface area contributed by atoms with Crippen LogP contribution < -0.4 is 5.73 Å². The summed E-state index contributed by atoms with van der Waals surface area (Å²) in [5, 5.41) is 20.9. The van der Waals surface area contributed by atoms with Crippen molar-refractivity contribution in [3.05, 3.63) is 33.4 Å². The number of hydrogen-bond donors (Lipinski definition) is 2. The zero-order valence-electron chi connectivity index (χ0n) is 10.9. The van der Waals surface area contributed by atoms with Gasteiger partial charge in [0.15, 0.2) is 0 Å². The van der Waals surface area contributed by atoms with E-state index in [1.165, 1.54) is 12.1 Å². The molecule has 102 valence electrons. The number of nitro groups is 1. The highest BCUT2D eigenvalue weighted by Crippen LogP contribution is 2.41. The molecule has 0 heterocycles. The summed E-state index contributed by atoms with van der Waals surface area (Å²) >= 11 is 0. The highest BCUT2D eigenvalue weighted by Gasteiger charge is 2.32. The van der Waals surface area contributed by atoms with Crippen LogP contribution in [0.15, 0.2) is 12.1 Å². The van der Waals surface area contributed by atoms with E-state index in [4.69, 9.17) is 5.73 Å². The van der Waals surface area contributed by atoms with Gasteiger partial charge in [-0.05, 0) is 24.0 Å². The van der Waals surface area contributed by atoms with Gasteiger partial charge >= 0.3 is 0 Å². The van der Waals surface area contributed by atoms with Gasteiger partial charge < -0.3 is 10.8 Å². The molecular weight excluding hydrogens is 256 g/mol. The van der Waals surface area contributed by atoms with E-state index in [-0.39, 0.29) is 34.8 Å². The lowest BCUT2D eigenvalue weighted by Crippen LogP contribution is -2.27. The average Bonchev–Trinajstić information content (AvgIpc) is 2.19. The van der Waals surface area contributed by atoms with Gasteiger partial charge in [0, 0.05) is 12.1 Å². The molecule has 5 nitrogen and oxygen atoms in total. The van der Waals surface area contributed by atoms with Gasteiger partial charge in [0.1, 0.15) is 5.75 Å². The first-order valence-corrected chi connectivity index (χ1v) is 5.38. The van der Waals surface area contributed by atoms with Crippen molar-refractivity contribution in [3.63, 3.8) is 0 Å². The third-order valence-corrected chi connectivity index (χ3v) is 2.84. The monoisotopic (exact) mass is 274 g/mol. The highest BCUT2D eigenvalue weighted by molar-refractivity contribution is 5.85. The molecule has 0 spiro atoms. The maximum Gasteiger partial charge on any atom is 0.277 e. The number of halogens is 1. The Morgan fingerprint density at radius 3 is 2.28 bits per heavy atom. The molecule has 1 rings (SSSR count). The number of phenolic OH excluding ortho intramolecular Hbond substituents is 1. The van der Waals surface area contributed by atoms with Gasteiger partial charge in [0.2, 0.25) is 0 Å². The fourth-order valence-electron chi connectivity index (χ4n) is 1.61. The van der Waals surface area contributed by atoms with E-state index in [0.29, 0.717) is 5.56 Å². The Morgan fingerprint density at radius 1 is 1.39 bits per heavy atom. The first-order chi connectivity index (χ1) is 7.66. The number of hydrogen-bond acceptors (Lipinski definition) is 4. The van der Waals surface area contributed by atoms with Crippen LogP contribution in [-0.2, 0) is 0 Å². The maximum absolute atomic E-state index is 11.0. The maximum atomic E-state index is 11.0. The Labute approximate surface area is 113 Å². The van der Waals surface area contributed by atoms with Gasteiger partial charge in [-0.15, -0.1) is 12.4 Å². The van der Waals surface area contributed by atoms with Crippen molar-refractivity contribution in [3.8, 4) is 5.75 Å². The van der Waals surface area contributed by atoms with E-state index in [9.17, 15) is 15.2 Å². The summed E-state index contributed by atoms with van der Waals surface area (Å²) in [6.07, 6.45) is 0. The summed E-state index contributed by atoms with van der Waals surface area (Å²) in [6, 6.07) is 2.31. The molecule has 0 amide bonds. The molecule has 0 bridgehead atoms. The van der Waals surface area contributed by atoms with E-state index >= 15 is 0 Å². The fraction of sp³-hybridized carbons (Fsp3) is 0.500. The van der Waals surface area contributed by atoms with Crippen LogP contribution in [0.2, 0.25) is 0 Å². The van der Waals surface area contributed by atoms with Crippen molar-refractivity contribution < 1.29 is 10.0 Å². The molecule has 0 fully saturated rings. The number of aromatic hydroxyl groups is 1. The molecule has 1 atom stereocenters. The predicted octanol–water partition coefficient (Wildman–Crippen LogP) is 3.08. The van der Waals surface area contributed by atoms with Crippen molar-refractivity contribution in [2.24, 2.45) is 11.1 Å². The molecule has 0 aliphatic carbocycles. The van der Waals surface area contributed by atoms with Crippen molar-refractivity contribution in [2.75, 3.05) is 0 Å². The van der Waals surface area contributed by atoms with Gasteiger partial charge in [-0.1, -0.05) is 20.8 Å². The molecule has 0 aliphatic rings. The van der Waals surface area contributed by atoms with E-state index < -0.39 is 11.0 Å². The van der Waals surface area contributed by atoms with Crippen molar-refractivity contribution in [1.29, 1.82) is 0 Å². The summed E-state index contributed by atoms with van der Waals surface area (Å²) in [6.45, 7) is 7.33. The van der Waals surface area contributed by atoms with E-state index in [2.05, 4.69) is 0 Å². The normalized spacial score (nSPS) is 12.7. The van der Waals surface area contributed by atoms with Gasteiger partial charge in [-0.25, -0.2) is 0 Å². The molecule has 3 N–H and O–H groups in total. The summed E-state index contributed by atoms with van der Waals surface area (Å²) < 4.78 is 0. The van der Waals surface area contributed by atoms with Crippen LogP contribution in [0.25, 0.3) is 0 Å². The Kier molecular flexibility index (Phi) is 5.13. The molecule has 0 saturated carbocycles. The minimum Gasteiger partial charge on any atom is -0.507 e. The average molecular weight is 275 g/mol. The molecule has 1 aromatic rings. The van der Waals surface area contributed by atoms with Gasteiger partial charge in [0.25, 0.3) is 5.69 Å². The largest absolute Gasteiger partial charge is 0.507 e. The third-order valence-electron chi connectivity index (χ3n) is 2.84. The summed E-state index contributed by atoms with van der Waals surface area (Å²) in [4.78, 5) is 10.4. The Hall–Kier alpha value is -1.33. The van der Waals surface area contributed by atoms with Gasteiger partial charge in [-0.2, -0.15) is 0 Å². The van der Waals surface area contributed by atoms with Crippen molar-refractivity contribution >= 4 is 18.1 Å². The number of phenols is 1. The molecule has 0 unspecified atom stereocenters. The number of rotatable bonds is 2. The molecular formula is C12H19ClN2O3. The van der Waals surface area contributed by atoms with Crippen LogP contribution in [-0.4, -0.2) is 10.0 Å². The fourth-order valence-corrected chi connectivity index (χ4v) is 1.61. The van der Waals surface area contributed by atoms with Crippen LogP contribution in [0, 0.1) is 22.5 Å². The number of aryl methyl sites for hydroxylation is 1. The second-order valence-corrected chi connectivity index (χ2v) is 5.26. The topological polar surface area (TPSA) is 89.4 Å². The molecule has 18 heavy (non-hydrogen) atoms. The lowest BCUT2D eigenvalue weighted by atomic mass is 9.81. The van der Waals surface area contributed by atoms with Crippen LogP contribution in [0.1, 0.15) is 37.9 Å². The minimum atomic E-state index is -0.595. The van der Waals surface area contributed by atoms with Crippen molar-refractivity contribution in [2.45, 2.75) is 33.7 Å². The lowest BCUT2D eigenvalue weighted by Gasteiger charge is -2.27. The van der Waals surface area contributed by atoms with Crippen molar-refractivity contribution in [1.82, 2.24) is 0 Å². The number of nitrogens with zero attached hydrogens (tertiary/aromatic N) is 1. The number of benzene rings is 1. The standard InChI is InChI=1S/C12H18N2O3.ClH/c1-7-5-6-8(14(16)17)9(10(7)15)11(13)12(2,3)4;/h5-6,11,15H,13H2,1-4H3;1H/t11-;/m1./s1. The smallest absolute Gasteiger partial charge is 0.277 e. The second kappa shape index (κ2) is 5.54. The van der Waals surface area contributed by atoms with Crippen LogP contribution in [0.4, 0.5) is 5.69 Å².